The number of aliphatic hydroxyl groups excluding tert-OH is 1. The Morgan fingerprint density at radius 2 is 1.57 bits per heavy atom. The molecule has 0 aromatic heterocycles. The van der Waals surface area contributed by atoms with E-state index in [2.05, 4.69) is 25.4 Å². The van der Waals surface area contributed by atoms with Gasteiger partial charge in [-0.2, -0.15) is 0 Å². The highest BCUT2D eigenvalue weighted by Gasteiger charge is 2.54. The topological polar surface area (TPSA) is 178 Å². The van der Waals surface area contributed by atoms with Crippen LogP contribution in [0.2, 0.25) is 0 Å². The molecule has 49 heavy (non-hydrogen) atoms. The molecule has 4 aromatic carbocycles. The number of aryl methyl sites for hydroxylation is 1. The molecule has 0 aliphatic carbocycles. The number of amides is 1. The first kappa shape index (κ1) is 34.5. The average Bonchev–Trinajstić information content (AvgIpc) is 3.51. The molecule has 12 heteroatoms. The third-order valence-corrected chi connectivity index (χ3v) is 8.37. The molecular weight excluding hydrogens is 620 g/mol. The molecule has 2 atom stereocenters. The fourth-order valence-corrected chi connectivity index (χ4v) is 5.81. The van der Waals surface area contributed by atoms with E-state index in [9.17, 15) is 4.79 Å². The zero-order valence-corrected chi connectivity index (χ0v) is 27.3. The molecule has 12 nitrogen and oxygen atoms in total. The predicted molar refractivity (Wildman–Crippen MR) is 187 cm³/mol. The number of aliphatic imine (C=N–C) groups is 1. The molecule has 4 aromatic rings. The molecule has 0 saturated heterocycles. The Labute approximate surface area is 284 Å². The molecule has 0 saturated carbocycles. The summed E-state index contributed by atoms with van der Waals surface area (Å²) >= 11 is 0. The minimum absolute atomic E-state index is 0.0342. The Morgan fingerprint density at radius 3 is 2.27 bits per heavy atom. The normalized spacial score (nSPS) is 16.4. The lowest BCUT2D eigenvalue weighted by Gasteiger charge is -2.32. The summed E-state index contributed by atoms with van der Waals surface area (Å²) in [6.45, 7) is 2.96. The van der Waals surface area contributed by atoms with E-state index in [-0.39, 0.29) is 37.9 Å². The van der Waals surface area contributed by atoms with E-state index in [1.165, 1.54) is 0 Å². The molecule has 0 spiro atoms. The summed E-state index contributed by atoms with van der Waals surface area (Å²) in [6, 6.07) is 30.3. The van der Waals surface area contributed by atoms with Crippen molar-refractivity contribution in [2.75, 3.05) is 19.8 Å². The van der Waals surface area contributed by atoms with Crippen LogP contribution in [-0.4, -0.2) is 42.2 Å². The number of rotatable bonds is 16. The van der Waals surface area contributed by atoms with Crippen LogP contribution in [-0.2, 0) is 35.5 Å². The highest BCUT2D eigenvalue weighted by atomic mass is 16.5. The van der Waals surface area contributed by atoms with Gasteiger partial charge in [0.05, 0.1) is 19.7 Å². The first-order chi connectivity index (χ1) is 24.0. The van der Waals surface area contributed by atoms with Crippen molar-refractivity contribution < 1.29 is 19.4 Å². The molecule has 250 valence electrons. The molecule has 5 rings (SSSR count). The van der Waals surface area contributed by atoms with Crippen molar-refractivity contribution in [3.63, 3.8) is 0 Å². The maximum absolute atomic E-state index is 14.7. The summed E-state index contributed by atoms with van der Waals surface area (Å²) in [4.78, 5) is 25.8. The molecule has 1 amide bonds. The van der Waals surface area contributed by atoms with Crippen molar-refractivity contribution in [2.45, 2.75) is 50.9 Å². The van der Waals surface area contributed by atoms with Gasteiger partial charge in [0.15, 0.2) is 11.6 Å². The van der Waals surface area contributed by atoms with Gasteiger partial charge in [0.25, 0.3) is 5.91 Å². The van der Waals surface area contributed by atoms with Crippen molar-refractivity contribution in [2.24, 2.45) is 15.2 Å². The second kappa shape index (κ2) is 16.9. The van der Waals surface area contributed by atoms with Gasteiger partial charge >= 0.3 is 0 Å². The van der Waals surface area contributed by atoms with Gasteiger partial charge in [-0.1, -0.05) is 88.6 Å². The number of nitrogens with one attached hydrogen (secondary N) is 1. The van der Waals surface area contributed by atoms with Crippen molar-refractivity contribution in [3.8, 4) is 5.75 Å². The molecule has 0 unspecified atom stereocenters. The molecule has 1 heterocycles. The van der Waals surface area contributed by atoms with Gasteiger partial charge in [-0.25, -0.2) is 4.99 Å². The van der Waals surface area contributed by atoms with Gasteiger partial charge in [-0.05, 0) is 76.5 Å². The number of hydrogen-bond acceptors (Lipinski definition) is 7. The van der Waals surface area contributed by atoms with Crippen LogP contribution in [0.1, 0.15) is 51.5 Å². The van der Waals surface area contributed by atoms with E-state index in [1.807, 2.05) is 91.9 Å². The molecular formula is C37H38N8O4. The minimum atomic E-state index is -1.50. The Hall–Kier alpha value is -5.80. The van der Waals surface area contributed by atoms with Crippen LogP contribution in [0.15, 0.2) is 112 Å². The predicted octanol–water partition coefficient (Wildman–Crippen LogP) is 7.24. The van der Waals surface area contributed by atoms with Crippen molar-refractivity contribution in [1.29, 1.82) is 0 Å². The highest BCUT2D eigenvalue weighted by molar-refractivity contribution is 6.01. The number of ether oxygens (including phenoxy) is 2. The number of azide groups is 2. The summed E-state index contributed by atoms with van der Waals surface area (Å²) in [6.07, 6.45) is 0.354. The molecule has 1 aliphatic rings. The second-order valence-corrected chi connectivity index (χ2v) is 11.7. The van der Waals surface area contributed by atoms with Crippen LogP contribution in [0.4, 0.5) is 0 Å². The summed E-state index contributed by atoms with van der Waals surface area (Å²) in [5.41, 5.74) is 22.5. The molecule has 0 fully saturated rings. The maximum atomic E-state index is 14.7. The summed E-state index contributed by atoms with van der Waals surface area (Å²) in [7, 11) is 0. The van der Waals surface area contributed by atoms with Gasteiger partial charge in [-0.15, -0.1) is 0 Å². The van der Waals surface area contributed by atoms with E-state index in [0.29, 0.717) is 48.4 Å². The number of aliphatic hydroxyl groups is 1. The van der Waals surface area contributed by atoms with Crippen LogP contribution in [0, 0.1) is 6.92 Å². The number of nitrogens with zero attached hydrogens (tertiary/aromatic N) is 7. The lowest BCUT2D eigenvalue weighted by molar-refractivity contribution is -0.128. The van der Waals surface area contributed by atoms with Crippen molar-refractivity contribution >= 4 is 11.8 Å². The third kappa shape index (κ3) is 8.57. The highest BCUT2D eigenvalue weighted by Crippen LogP contribution is 2.44. The largest absolute Gasteiger partial charge is 0.494 e. The van der Waals surface area contributed by atoms with E-state index in [0.717, 1.165) is 22.3 Å². The fourth-order valence-electron chi connectivity index (χ4n) is 5.81. The first-order valence-electron chi connectivity index (χ1n) is 16.1. The number of hydrogen-bond donors (Lipinski definition) is 2. The van der Waals surface area contributed by atoms with Gasteiger partial charge in [0.1, 0.15) is 5.75 Å². The number of carbonyl (C=O) groups is 1. The Bertz CT molecular complexity index is 1870. The van der Waals surface area contributed by atoms with Crippen LogP contribution in [0.25, 0.3) is 20.9 Å². The number of benzene rings is 4. The zero-order valence-electron chi connectivity index (χ0n) is 27.3. The second-order valence-electron chi connectivity index (χ2n) is 11.7. The fraction of sp³-hybridized carbons (Fsp3) is 0.297. The molecule has 2 N–H and O–H groups in total. The van der Waals surface area contributed by atoms with E-state index < -0.39 is 11.6 Å². The van der Waals surface area contributed by atoms with Gasteiger partial charge < -0.3 is 19.9 Å². The molecule has 0 radical (unpaired) electrons. The summed E-state index contributed by atoms with van der Waals surface area (Å²) < 4.78 is 12.4. The average molecular weight is 659 g/mol. The Morgan fingerprint density at radius 1 is 0.918 bits per heavy atom. The van der Waals surface area contributed by atoms with Crippen LogP contribution in [0.5, 0.6) is 5.75 Å². The van der Waals surface area contributed by atoms with Gasteiger partial charge in [0.2, 0.25) is 5.90 Å². The minimum Gasteiger partial charge on any atom is -0.494 e. The Balaban J connectivity index is 1.60. The number of carbonyl (C=O) groups excluding carboxylic acids is 1. The lowest BCUT2D eigenvalue weighted by Crippen LogP contribution is -2.50. The van der Waals surface area contributed by atoms with Crippen LogP contribution < -0.4 is 10.1 Å². The zero-order chi connectivity index (χ0) is 34.5. The van der Waals surface area contributed by atoms with Crippen molar-refractivity contribution in [3.05, 3.63) is 157 Å². The Kier molecular flexibility index (Phi) is 11.9. The van der Waals surface area contributed by atoms with Crippen LogP contribution >= 0.6 is 0 Å². The van der Waals surface area contributed by atoms with E-state index in [1.54, 1.807) is 12.1 Å². The maximum Gasteiger partial charge on any atom is 0.252 e. The quantitative estimate of drug-likeness (QED) is 0.0558. The first-order valence-corrected chi connectivity index (χ1v) is 16.1. The third-order valence-electron chi connectivity index (χ3n) is 8.37. The van der Waals surface area contributed by atoms with E-state index in [4.69, 9.17) is 30.6 Å². The van der Waals surface area contributed by atoms with Crippen LogP contribution in [0.3, 0.4) is 0 Å². The van der Waals surface area contributed by atoms with Crippen molar-refractivity contribution in [1.82, 2.24) is 5.32 Å². The summed E-state index contributed by atoms with van der Waals surface area (Å²) in [5.74, 6) is 0.562. The molecule has 0 bridgehead atoms. The lowest BCUT2D eigenvalue weighted by atomic mass is 9.79. The summed E-state index contributed by atoms with van der Waals surface area (Å²) in [5, 5.41) is 19.9. The molecule has 1 aliphatic heterocycles. The van der Waals surface area contributed by atoms with Gasteiger partial charge in [-0.3, -0.25) is 4.79 Å². The smallest absolute Gasteiger partial charge is 0.252 e. The SMILES string of the molecule is Cc1ccc(CCNC(=O)[C@]2(Cc3ccccc3CN=[N+]=[N-])N=C(c3ccc(OCCCO)cc3)O[C@@H]2c2ccccc2CN=[N+]=[N-])cc1. The van der Waals surface area contributed by atoms with Gasteiger partial charge in [0, 0.05) is 41.4 Å². The standard InChI is InChI=1S/C37H38N8O4/c1-26-11-13-27(14-12-26)19-20-40-36(47)37(23-29-7-2-3-8-30(29)24-41-44-38)34(33-10-5-4-9-31(33)25-42-45-39)49-35(43-37)28-15-17-32(18-16-28)48-22-6-21-46/h2-5,7-18,34,46H,6,19-25H2,1H3,(H,40,47)/t34-,37-/m1/s1. The monoisotopic (exact) mass is 658 g/mol. The van der Waals surface area contributed by atoms with E-state index >= 15 is 0 Å².